The van der Waals surface area contributed by atoms with Crippen LogP contribution in [0.15, 0.2) is 53.7 Å². The second kappa shape index (κ2) is 27.8. The summed E-state index contributed by atoms with van der Waals surface area (Å²) in [6, 6.07) is 13.5. The number of nitrogens with one attached hydrogen (secondary N) is 1. The van der Waals surface area contributed by atoms with Crippen LogP contribution in [0.5, 0.6) is 0 Å². The van der Waals surface area contributed by atoms with Crippen LogP contribution in [0.25, 0.3) is 15.8 Å². The number of benzene rings is 1. The van der Waals surface area contributed by atoms with E-state index in [1.807, 2.05) is 67.1 Å². The van der Waals surface area contributed by atoms with Gasteiger partial charge in [0.2, 0.25) is 5.91 Å². The van der Waals surface area contributed by atoms with Gasteiger partial charge >= 0.3 is 5.97 Å². The molecule has 1 amide bonds. The lowest BCUT2D eigenvalue weighted by molar-refractivity contribution is -0.196. The Labute approximate surface area is 458 Å². The minimum Gasteiger partial charge on any atom is -0.476 e. The fourth-order valence-electron chi connectivity index (χ4n) is 12.1. The molecule has 3 heterocycles. The monoisotopic (exact) mass is 1060 g/mol. The zero-order chi connectivity index (χ0) is 55.0. The number of aromatic carboxylic acids is 1. The molecule has 0 radical (unpaired) electrons. The maximum absolute atomic E-state index is 13.3. The molecule has 416 valence electrons. The van der Waals surface area contributed by atoms with Crippen molar-refractivity contribution < 1.29 is 24.2 Å². The normalized spacial score (nSPS) is 21.8. The topological polar surface area (TPSA) is 192 Å². The number of unbranched alkanes of at least 4 members (excludes halogenated alkanes) is 9. The van der Waals surface area contributed by atoms with Crippen molar-refractivity contribution >= 4 is 73.1 Å². The number of ether oxygens (including phenoxy) is 1. The van der Waals surface area contributed by atoms with Gasteiger partial charge < -0.3 is 40.4 Å². The largest absolute Gasteiger partial charge is 0.476 e. The number of anilines is 4. The molecule has 0 unspecified atom stereocenters. The van der Waals surface area contributed by atoms with Crippen molar-refractivity contribution in [3.8, 4) is 0 Å². The van der Waals surface area contributed by atoms with Crippen molar-refractivity contribution in [3.05, 3.63) is 65.5 Å². The van der Waals surface area contributed by atoms with Gasteiger partial charge in [-0.2, -0.15) is 0 Å². The maximum Gasteiger partial charge on any atom is 0.355 e. The van der Waals surface area contributed by atoms with Crippen LogP contribution in [0.1, 0.15) is 179 Å². The number of carbonyl (C=O) groups excluding carboxylic acids is 2. The molecular weight excluding hydrogens is 973 g/mol. The van der Waals surface area contributed by atoms with E-state index in [9.17, 15) is 19.5 Å². The maximum atomic E-state index is 13.3. The number of aromatic nitrogens is 4. The second-order valence-corrected chi connectivity index (χ2v) is 24.1. The molecule has 5 atom stereocenters. The number of aryl methyl sites for hydroxylation is 1. The van der Waals surface area contributed by atoms with Crippen molar-refractivity contribution in [3.63, 3.8) is 0 Å². The highest BCUT2D eigenvalue weighted by Crippen LogP contribution is 2.63. The van der Waals surface area contributed by atoms with Crippen LogP contribution in [0.2, 0.25) is 0 Å². The first-order chi connectivity index (χ1) is 36.3. The first kappa shape index (κ1) is 59.9. The number of allylic oxidation sites excluding steroid dienone is 1. The van der Waals surface area contributed by atoms with Crippen molar-refractivity contribution in [2.45, 2.75) is 170 Å². The minimum atomic E-state index is -1.18. The van der Waals surface area contributed by atoms with Gasteiger partial charge in [-0.3, -0.25) is 9.79 Å². The van der Waals surface area contributed by atoms with Gasteiger partial charge in [-0.25, -0.2) is 14.8 Å². The van der Waals surface area contributed by atoms with Crippen LogP contribution in [0, 0.1) is 29.6 Å². The molecule has 2 aliphatic rings. The van der Waals surface area contributed by atoms with E-state index in [1.54, 1.807) is 13.0 Å². The number of ketones is 1. The van der Waals surface area contributed by atoms with E-state index in [-0.39, 0.29) is 33.8 Å². The molecule has 1 aromatic carbocycles. The molecule has 76 heavy (non-hydrogen) atoms. The Hall–Kier alpha value is -5.32. The van der Waals surface area contributed by atoms with E-state index in [0.717, 1.165) is 86.5 Å². The number of carbonyl (C=O) groups is 3. The summed E-state index contributed by atoms with van der Waals surface area (Å²) >= 11 is 1.54. The van der Waals surface area contributed by atoms with Gasteiger partial charge in [0.25, 0.3) is 0 Å². The quantitative estimate of drug-likeness (QED) is 0.0319. The Balaban J connectivity index is 1.18. The summed E-state index contributed by atoms with van der Waals surface area (Å²) in [6.45, 7) is 18.2. The number of hydrogen-bond acceptors (Lipinski definition) is 14. The lowest BCUT2D eigenvalue weighted by Crippen LogP contribution is -2.59. The predicted molar refractivity (Wildman–Crippen MR) is 311 cm³/mol. The van der Waals surface area contributed by atoms with Crippen LogP contribution in [-0.4, -0.2) is 118 Å². The first-order valence-corrected chi connectivity index (χ1v) is 29.1. The van der Waals surface area contributed by atoms with Crippen molar-refractivity contribution in [2.24, 2.45) is 33.4 Å². The highest BCUT2D eigenvalue weighted by Gasteiger charge is 2.59. The van der Waals surface area contributed by atoms with Crippen molar-refractivity contribution in [2.75, 3.05) is 64.1 Å². The molecule has 0 aliphatic heterocycles. The number of rotatable bonds is 31. The Morgan fingerprint density at radius 2 is 1.55 bits per heavy atom. The zero-order valence-electron chi connectivity index (χ0n) is 47.7. The smallest absolute Gasteiger partial charge is 0.355 e. The molecule has 4 N–H and O–H groups in total. The number of nitrogens with two attached hydrogens (primary N) is 1. The second-order valence-electron chi connectivity index (χ2n) is 23.1. The van der Waals surface area contributed by atoms with Crippen LogP contribution < -0.4 is 16.0 Å². The van der Waals surface area contributed by atoms with Gasteiger partial charge in [-0.15, -0.1) is 10.2 Å². The number of amides is 1. The van der Waals surface area contributed by atoms with Crippen LogP contribution in [-0.2, 0) is 14.3 Å². The molecule has 3 aromatic heterocycles. The number of Topliss-reactive ketones (excluding diaryl/α,β-unsaturated/α-hetero) is 1. The van der Waals surface area contributed by atoms with Crippen LogP contribution in [0.3, 0.4) is 0 Å². The third-order valence-electron chi connectivity index (χ3n) is 16.6. The molecule has 2 aliphatic carbocycles. The minimum absolute atomic E-state index is 0.0992. The third kappa shape index (κ3) is 16.1. The highest BCUT2D eigenvalue weighted by molar-refractivity contribution is 7.22. The van der Waals surface area contributed by atoms with Crippen molar-refractivity contribution in [1.82, 2.24) is 30.0 Å². The van der Waals surface area contributed by atoms with E-state index in [2.05, 4.69) is 62.2 Å². The average molecular weight is 1060 g/mol. The SMILES string of the molecule is CC[C@@]1(C)C[C@@]2(OCCN(C)C)C[C@H](C)[C@@H](C)[C@@](CN=C(C)/C(=C\N)c3ccc(N(CCCCN(C)C(=O)CCCCCCCCCCCC(C)=O)c4cc(C)c(Nc5nc6ccccc6s5)nn4)nc3C(=O)O)(C1)C2. The Kier molecular flexibility index (Phi) is 21.9. The van der Waals surface area contributed by atoms with E-state index in [4.69, 9.17) is 25.4 Å². The summed E-state index contributed by atoms with van der Waals surface area (Å²) in [4.78, 5) is 58.5. The fourth-order valence-corrected chi connectivity index (χ4v) is 12.9. The van der Waals surface area contributed by atoms with Crippen molar-refractivity contribution in [1.29, 1.82) is 0 Å². The molecular formula is C60H90N10O5S. The van der Waals surface area contributed by atoms with E-state index in [0.29, 0.717) is 103 Å². The van der Waals surface area contributed by atoms with Gasteiger partial charge in [0.15, 0.2) is 22.5 Å². The summed E-state index contributed by atoms with van der Waals surface area (Å²) < 4.78 is 8.00. The number of likely N-dealkylation sites (N-methyl/N-ethyl adjacent to an activating group) is 1. The standard InChI is InChI=1S/C60H90N10O5S/c1-11-58(7)38-59(40-60(39-58,36-43(3)45(59)5)75-34-33-68(8)9)41-62-46(6)48(37-61)47-29-30-51(64-54(47)56(73)74)70(52-35-42(2)55(67-66-52)65-57-63-49-26-21-22-27-50(49)76-57)32-24-23-31-69(10)53(72)28-20-18-16-14-12-13-15-17-19-25-44(4)71/h21-22,26-27,29-30,35,37,43,45H,11-20,23-25,28,31-34,36,38-41,61H2,1-10H3,(H,73,74)(H,63,65,67)/b48-37+,62-46?/t43-,45+,58+,59-,60-/m0/s1. The Morgan fingerprint density at radius 1 is 0.868 bits per heavy atom. The molecule has 2 saturated carbocycles. The lowest BCUT2D eigenvalue weighted by atomic mass is 9.46. The number of fused-ring (bicyclic) bond motifs is 3. The molecule has 16 heteroatoms. The molecule has 2 bridgehead atoms. The summed E-state index contributed by atoms with van der Waals surface area (Å²) in [5, 5.41) is 24.2. The number of carboxylic acid groups (broad SMARTS) is 1. The summed E-state index contributed by atoms with van der Waals surface area (Å²) in [6.07, 6.45) is 19.1. The lowest BCUT2D eigenvalue weighted by Gasteiger charge is -2.62. The van der Waals surface area contributed by atoms with E-state index >= 15 is 0 Å². The Morgan fingerprint density at radius 3 is 2.20 bits per heavy atom. The van der Waals surface area contributed by atoms with Gasteiger partial charge in [0.1, 0.15) is 11.6 Å². The summed E-state index contributed by atoms with van der Waals surface area (Å²) in [7, 11) is 6.04. The first-order valence-electron chi connectivity index (χ1n) is 28.2. The summed E-state index contributed by atoms with van der Waals surface area (Å²) in [5.41, 5.74) is 9.39. The predicted octanol–water partition coefficient (Wildman–Crippen LogP) is 12.8. The molecule has 2 fully saturated rings. The average Bonchev–Trinajstić information content (AvgIpc) is 3.85. The summed E-state index contributed by atoms with van der Waals surface area (Å²) in [5.74, 6) is 1.58. The van der Waals surface area contributed by atoms with E-state index < -0.39 is 5.97 Å². The number of para-hydroxylation sites is 1. The highest BCUT2D eigenvalue weighted by atomic mass is 32.1. The number of nitrogens with zero attached hydrogens (tertiary/aromatic N) is 8. The number of carboxylic acids is 1. The molecule has 6 rings (SSSR count). The molecule has 0 spiro atoms. The van der Waals surface area contributed by atoms with Crippen LogP contribution in [0.4, 0.5) is 22.6 Å². The number of thiazole rings is 1. The van der Waals surface area contributed by atoms with E-state index in [1.165, 1.54) is 43.2 Å². The molecule has 15 nitrogen and oxygen atoms in total. The molecule has 0 saturated heterocycles. The fraction of sp³-hybridized carbons (Fsp3) is 0.633. The zero-order valence-corrected chi connectivity index (χ0v) is 48.5. The van der Waals surface area contributed by atoms with Gasteiger partial charge in [-0.1, -0.05) is 103 Å². The number of hydrogen-bond donors (Lipinski definition) is 3. The third-order valence-corrected chi connectivity index (χ3v) is 17.5. The van der Waals surface area contributed by atoms with Gasteiger partial charge in [0, 0.05) is 69.1 Å². The van der Waals surface area contributed by atoms with Crippen LogP contribution >= 0.6 is 11.3 Å². The number of aliphatic imine (C=N–C) groups is 1. The molecule has 4 aromatic rings. The number of pyridine rings is 1. The van der Waals surface area contributed by atoms with Gasteiger partial charge in [-0.05, 0) is 145 Å². The van der Waals surface area contributed by atoms with Gasteiger partial charge in [0.05, 0.1) is 22.4 Å². The Bertz CT molecular complexity index is 2600.